The summed E-state index contributed by atoms with van der Waals surface area (Å²) in [5.41, 5.74) is 5.11. The maximum Gasteiger partial charge on any atom is 0.273 e. The van der Waals surface area contributed by atoms with Crippen molar-refractivity contribution in [3.05, 3.63) is 28.2 Å². The monoisotopic (exact) mass is 331 g/mol. The second kappa shape index (κ2) is 6.55. The SMILES string of the molecule is CC(C)NC(=S)NNC(=O)c1cc(Br)ccc1O. The number of hydrogen-bond acceptors (Lipinski definition) is 3. The van der Waals surface area contributed by atoms with Gasteiger partial charge >= 0.3 is 0 Å². The molecule has 0 spiro atoms. The third-order valence-electron chi connectivity index (χ3n) is 1.91. The fourth-order valence-corrected chi connectivity index (χ4v) is 1.82. The quantitative estimate of drug-likeness (QED) is 0.490. The first-order valence-electron chi connectivity index (χ1n) is 5.25. The molecule has 0 heterocycles. The smallest absolute Gasteiger partial charge is 0.273 e. The van der Waals surface area contributed by atoms with Crippen molar-refractivity contribution >= 4 is 39.2 Å². The molecule has 1 aromatic carbocycles. The van der Waals surface area contributed by atoms with Gasteiger partial charge in [0.1, 0.15) is 5.75 Å². The van der Waals surface area contributed by atoms with E-state index in [1.54, 1.807) is 6.07 Å². The van der Waals surface area contributed by atoms with Crippen molar-refractivity contribution in [3.63, 3.8) is 0 Å². The molecule has 0 aliphatic rings. The Morgan fingerprint density at radius 3 is 2.67 bits per heavy atom. The number of rotatable bonds is 2. The number of nitrogens with one attached hydrogen (secondary N) is 3. The zero-order chi connectivity index (χ0) is 13.7. The van der Waals surface area contributed by atoms with E-state index in [0.29, 0.717) is 9.59 Å². The first kappa shape index (κ1) is 14.7. The van der Waals surface area contributed by atoms with Crippen LogP contribution in [0.25, 0.3) is 0 Å². The molecule has 0 atom stereocenters. The number of hydrazine groups is 1. The maximum atomic E-state index is 11.8. The average Bonchev–Trinajstić information content (AvgIpc) is 2.28. The summed E-state index contributed by atoms with van der Waals surface area (Å²) in [6.45, 7) is 3.85. The Bertz CT molecular complexity index is 466. The van der Waals surface area contributed by atoms with E-state index < -0.39 is 5.91 Å². The van der Waals surface area contributed by atoms with Crippen molar-refractivity contribution < 1.29 is 9.90 Å². The highest BCUT2D eigenvalue weighted by Crippen LogP contribution is 2.21. The lowest BCUT2D eigenvalue weighted by Crippen LogP contribution is -2.48. The number of phenols is 1. The molecular formula is C11H14BrN3O2S. The average molecular weight is 332 g/mol. The fraction of sp³-hybridized carbons (Fsp3) is 0.273. The van der Waals surface area contributed by atoms with Gasteiger partial charge in [0.25, 0.3) is 5.91 Å². The summed E-state index contributed by atoms with van der Waals surface area (Å²) in [6.07, 6.45) is 0. The Kier molecular flexibility index (Phi) is 5.36. The van der Waals surface area contributed by atoms with Gasteiger partial charge in [-0.1, -0.05) is 15.9 Å². The van der Waals surface area contributed by atoms with Gasteiger partial charge in [0.15, 0.2) is 5.11 Å². The summed E-state index contributed by atoms with van der Waals surface area (Å²) in [7, 11) is 0. The molecule has 0 aromatic heterocycles. The van der Waals surface area contributed by atoms with Crippen molar-refractivity contribution in [2.45, 2.75) is 19.9 Å². The minimum Gasteiger partial charge on any atom is -0.507 e. The van der Waals surface area contributed by atoms with Gasteiger partial charge in [0, 0.05) is 10.5 Å². The molecule has 0 aliphatic heterocycles. The molecule has 7 heteroatoms. The van der Waals surface area contributed by atoms with Crippen LogP contribution >= 0.6 is 28.1 Å². The van der Waals surface area contributed by atoms with Crippen molar-refractivity contribution in [1.82, 2.24) is 16.2 Å². The van der Waals surface area contributed by atoms with Gasteiger partial charge in [0.05, 0.1) is 5.56 Å². The van der Waals surface area contributed by atoms with Crippen molar-refractivity contribution in [2.75, 3.05) is 0 Å². The summed E-state index contributed by atoms with van der Waals surface area (Å²) in [5.74, 6) is -0.568. The van der Waals surface area contributed by atoms with Gasteiger partial charge in [-0.25, -0.2) is 0 Å². The zero-order valence-electron chi connectivity index (χ0n) is 9.95. The van der Waals surface area contributed by atoms with E-state index in [-0.39, 0.29) is 17.4 Å². The van der Waals surface area contributed by atoms with Crippen molar-refractivity contribution in [1.29, 1.82) is 0 Å². The molecule has 0 radical (unpaired) electrons. The van der Waals surface area contributed by atoms with E-state index in [9.17, 15) is 9.90 Å². The molecule has 1 aromatic rings. The lowest BCUT2D eigenvalue weighted by atomic mass is 10.2. The molecule has 0 unspecified atom stereocenters. The molecule has 0 aliphatic carbocycles. The van der Waals surface area contributed by atoms with Crippen LogP contribution in [0.2, 0.25) is 0 Å². The minimum absolute atomic E-state index is 0.0970. The number of carbonyl (C=O) groups excluding carboxylic acids is 1. The first-order valence-corrected chi connectivity index (χ1v) is 6.45. The van der Waals surface area contributed by atoms with Crippen LogP contribution in [0, 0.1) is 0 Å². The van der Waals surface area contributed by atoms with Crippen LogP contribution in [0.4, 0.5) is 0 Å². The van der Waals surface area contributed by atoms with E-state index in [1.165, 1.54) is 12.1 Å². The number of benzene rings is 1. The number of phenolic OH excluding ortho intramolecular Hbond substituents is 1. The Hall–Kier alpha value is -1.34. The van der Waals surface area contributed by atoms with Gasteiger partial charge in [0.2, 0.25) is 0 Å². The van der Waals surface area contributed by atoms with Crippen molar-refractivity contribution in [3.8, 4) is 5.75 Å². The highest BCUT2D eigenvalue weighted by Gasteiger charge is 2.11. The molecule has 4 N–H and O–H groups in total. The van der Waals surface area contributed by atoms with Crippen molar-refractivity contribution in [2.24, 2.45) is 0 Å². The summed E-state index contributed by atoms with van der Waals surface area (Å²) in [5, 5.41) is 12.8. The van der Waals surface area contributed by atoms with Crippen LogP contribution in [0.15, 0.2) is 22.7 Å². The van der Waals surface area contributed by atoms with E-state index in [1.807, 2.05) is 13.8 Å². The Morgan fingerprint density at radius 2 is 2.06 bits per heavy atom. The largest absolute Gasteiger partial charge is 0.507 e. The predicted molar refractivity (Wildman–Crippen MR) is 77.3 cm³/mol. The maximum absolute atomic E-state index is 11.8. The van der Waals surface area contributed by atoms with Crippen LogP contribution < -0.4 is 16.2 Å². The molecule has 5 nitrogen and oxygen atoms in total. The van der Waals surface area contributed by atoms with Gasteiger partial charge in [-0.3, -0.25) is 15.6 Å². The first-order chi connectivity index (χ1) is 8.40. The second-order valence-corrected chi connectivity index (χ2v) is 5.19. The molecule has 0 saturated carbocycles. The lowest BCUT2D eigenvalue weighted by molar-refractivity contribution is 0.0941. The molecule has 1 rings (SSSR count). The molecule has 18 heavy (non-hydrogen) atoms. The number of halogens is 1. The standard InChI is InChI=1S/C11H14BrN3O2S/c1-6(2)13-11(18)15-14-10(17)8-5-7(12)3-4-9(8)16/h3-6,16H,1-2H3,(H,14,17)(H2,13,15,18). The molecule has 0 fully saturated rings. The van der Waals surface area contributed by atoms with Crippen LogP contribution in [-0.2, 0) is 0 Å². The minimum atomic E-state index is -0.471. The number of aromatic hydroxyl groups is 1. The number of carbonyl (C=O) groups is 1. The summed E-state index contributed by atoms with van der Waals surface area (Å²) in [4.78, 5) is 11.8. The molecule has 0 bridgehead atoms. The third kappa shape index (κ3) is 4.50. The van der Waals surface area contributed by atoms with Crippen LogP contribution in [0.5, 0.6) is 5.75 Å². The fourth-order valence-electron chi connectivity index (χ4n) is 1.17. The van der Waals surface area contributed by atoms with Gasteiger partial charge in [-0.2, -0.15) is 0 Å². The number of hydrogen-bond donors (Lipinski definition) is 4. The van der Waals surface area contributed by atoms with Gasteiger partial charge in [-0.05, 0) is 44.3 Å². The Labute approximate surface area is 119 Å². The topological polar surface area (TPSA) is 73.4 Å². The van der Waals surface area contributed by atoms with Gasteiger partial charge < -0.3 is 10.4 Å². The lowest BCUT2D eigenvalue weighted by Gasteiger charge is -2.14. The normalized spacial score (nSPS) is 10.0. The number of thiocarbonyl (C=S) groups is 1. The van der Waals surface area contributed by atoms with E-state index >= 15 is 0 Å². The number of amides is 1. The summed E-state index contributed by atoms with van der Waals surface area (Å²) in [6, 6.07) is 4.76. The van der Waals surface area contributed by atoms with Gasteiger partial charge in [-0.15, -0.1) is 0 Å². The van der Waals surface area contributed by atoms with E-state index in [4.69, 9.17) is 12.2 Å². The summed E-state index contributed by atoms with van der Waals surface area (Å²) < 4.78 is 0.702. The second-order valence-electron chi connectivity index (χ2n) is 3.87. The van der Waals surface area contributed by atoms with Crippen LogP contribution in [-0.4, -0.2) is 22.2 Å². The van der Waals surface area contributed by atoms with E-state index in [0.717, 1.165) is 0 Å². The molecule has 1 amide bonds. The summed E-state index contributed by atoms with van der Waals surface area (Å²) >= 11 is 8.18. The van der Waals surface area contributed by atoms with Crippen LogP contribution in [0.1, 0.15) is 24.2 Å². The Balaban J connectivity index is 2.60. The highest BCUT2D eigenvalue weighted by molar-refractivity contribution is 9.10. The molecule has 98 valence electrons. The zero-order valence-corrected chi connectivity index (χ0v) is 12.4. The molecular weight excluding hydrogens is 318 g/mol. The van der Waals surface area contributed by atoms with E-state index in [2.05, 4.69) is 32.1 Å². The Morgan fingerprint density at radius 1 is 1.39 bits per heavy atom. The molecule has 0 saturated heterocycles. The van der Waals surface area contributed by atoms with Crippen LogP contribution in [0.3, 0.4) is 0 Å². The third-order valence-corrected chi connectivity index (χ3v) is 2.63. The predicted octanol–water partition coefficient (Wildman–Crippen LogP) is 1.67. The highest BCUT2D eigenvalue weighted by atomic mass is 79.9.